The maximum atomic E-state index is 12.6. The summed E-state index contributed by atoms with van der Waals surface area (Å²) in [6.45, 7) is 3.71. The quantitative estimate of drug-likeness (QED) is 0.762. The van der Waals surface area contributed by atoms with E-state index in [9.17, 15) is 4.79 Å². The zero-order valence-corrected chi connectivity index (χ0v) is 15.3. The number of fused-ring (bicyclic) bond motifs is 1. The smallest absolute Gasteiger partial charge is 0.263 e. The third-order valence-electron chi connectivity index (χ3n) is 4.25. The summed E-state index contributed by atoms with van der Waals surface area (Å²) in [6, 6.07) is 17.8. The van der Waals surface area contributed by atoms with Gasteiger partial charge in [-0.05, 0) is 24.6 Å². The van der Waals surface area contributed by atoms with Gasteiger partial charge in [0.25, 0.3) is 5.91 Å². The van der Waals surface area contributed by atoms with Gasteiger partial charge in [0.15, 0.2) is 5.13 Å². The summed E-state index contributed by atoms with van der Waals surface area (Å²) in [5, 5.41) is 3.80. The van der Waals surface area contributed by atoms with Crippen LogP contribution in [0, 0.1) is 6.92 Å². The number of carbonyl (C=O) groups excluding carboxylic acids is 1. The minimum Gasteiger partial charge on any atom is -0.490 e. The van der Waals surface area contributed by atoms with E-state index >= 15 is 0 Å². The molecule has 1 amide bonds. The van der Waals surface area contributed by atoms with Gasteiger partial charge in [-0.15, -0.1) is 0 Å². The first-order valence-electron chi connectivity index (χ1n) is 8.51. The number of thiazole rings is 1. The summed E-state index contributed by atoms with van der Waals surface area (Å²) >= 11 is 1.42. The summed E-state index contributed by atoms with van der Waals surface area (Å²) < 4.78 is 5.70. The molecule has 0 radical (unpaired) electrons. The van der Waals surface area contributed by atoms with Crippen LogP contribution in [0.2, 0.25) is 0 Å². The Labute approximate surface area is 156 Å². The van der Waals surface area contributed by atoms with Crippen LogP contribution in [-0.4, -0.2) is 24.0 Å². The normalized spacial score (nSPS) is 13.0. The molecule has 2 heterocycles. The molecule has 0 unspecified atom stereocenters. The average Bonchev–Trinajstić information content (AvgIpc) is 3.08. The highest BCUT2D eigenvalue weighted by atomic mass is 32.1. The average molecular weight is 365 g/mol. The number of aromatic nitrogens is 1. The third kappa shape index (κ3) is 3.28. The van der Waals surface area contributed by atoms with Crippen molar-refractivity contribution in [1.29, 1.82) is 0 Å². The van der Waals surface area contributed by atoms with Gasteiger partial charge >= 0.3 is 0 Å². The summed E-state index contributed by atoms with van der Waals surface area (Å²) in [7, 11) is 0. The Morgan fingerprint density at radius 2 is 1.96 bits per heavy atom. The second-order valence-electron chi connectivity index (χ2n) is 6.05. The minimum atomic E-state index is -0.0864. The van der Waals surface area contributed by atoms with Crippen molar-refractivity contribution in [1.82, 2.24) is 10.3 Å². The van der Waals surface area contributed by atoms with Crippen molar-refractivity contribution in [3.8, 4) is 5.75 Å². The van der Waals surface area contributed by atoms with Crippen LogP contribution in [0.5, 0.6) is 5.75 Å². The number of nitrogens with zero attached hydrogens (tertiary/aromatic N) is 2. The van der Waals surface area contributed by atoms with Gasteiger partial charge in [0, 0.05) is 6.54 Å². The van der Waals surface area contributed by atoms with E-state index in [1.54, 1.807) is 0 Å². The van der Waals surface area contributed by atoms with E-state index in [0.29, 0.717) is 18.0 Å². The van der Waals surface area contributed by atoms with E-state index in [4.69, 9.17) is 4.74 Å². The fraction of sp³-hybridized carbons (Fsp3) is 0.200. The molecule has 0 spiro atoms. The highest BCUT2D eigenvalue weighted by Crippen LogP contribution is 2.38. The molecule has 6 heteroatoms. The Bertz CT molecular complexity index is 924. The van der Waals surface area contributed by atoms with E-state index in [-0.39, 0.29) is 5.91 Å². The lowest BCUT2D eigenvalue weighted by Crippen LogP contribution is -2.28. The largest absolute Gasteiger partial charge is 0.490 e. The summed E-state index contributed by atoms with van der Waals surface area (Å²) in [5.74, 6) is 0.762. The molecule has 4 rings (SSSR count). The fourth-order valence-corrected chi connectivity index (χ4v) is 3.96. The molecule has 0 saturated carbocycles. The molecule has 0 bridgehead atoms. The number of hydrogen-bond donors (Lipinski definition) is 1. The molecule has 26 heavy (non-hydrogen) atoms. The lowest BCUT2D eigenvalue weighted by Gasteiger charge is -2.28. The van der Waals surface area contributed by atoms with Crippen molar-refractivity contribution in [2.45, 2.75) is 13.5 Å². The number of benzene rings is 2. The number of aryl methyl sites for hydroxylation is 1. The van der Waals surface area contributed by atoms with Crippen molar-refractivity contribution >= 4 is 28.1 Å². The molecule has 0 fully saturated rings. The predicted molar refractivity (Wildman–Crippen MR) is 103 cm³/mol. The van der Waals surface area contributed by atoms with Crippen molar-refractivity contribution in [2.24, 2.45) is 0 Å². The molecule has 0 saturated heterocycles. The molecule has 1 N–H and O–H groups in total. The van der Waals surface area contributed by atoms with E-state index in [2.05, 4.69) is 15.2 Å². The number of para-hydroxylation sites is 2. The van der Waals surface area contributed by atoms with Crippen LogP contribution in [-0.2, 0) is 6.54 Å². The van der Waals surface area contributed by atoms with E-state index in [1.165, 1.54) is 11.3 Å². The highest BCUT2D eigenvalue weighted by molar-refractivity contribution is 7.17. The van der Waals surface area contributed by atoms with E-state index < -0.39 is 0 Å². The Kier molecular flexibility index (Phi) is 4.58. The van der Waals surface area contributed by atoms with Crippen LogP contribution in [0.25, 0.3) is 0 Å². The lowest BCUT2D eigenvalue weighted by molar-refractivity contribution is 0.0954. The third-order valence-corrected chi connectivity index (χ3v) is 5.43. The summed E-state index contributed by atoms with van der Waals surface area (Å²) in [6.07, 6.45) is 0. The predicted octanol–water partition coefficient (Wildman–Crippen LogP) is 3.91. The number of carbonyl (C=O) groups is 1. The Balaban J connectivity index is 1.54. The lowest BCUT2D eigenvalue weighted by atomic mass is 10.2. The van der Waals surface area contributed by atoms with Crippen molar-refractivity contribution < 1.29 is 9.53 Å². The molecule has 2 aromatic carbocycles. The first kappa shape index (κ1) is 16.6. The van der Waals surface area contributed by atoms with Crippen molar-refractivity contribution in [3.05, 3.63) is 70.7 Å². The Hall–Kier alpha value is -2.86. The highest BCUT2D eigenvalue weighted by Gasteiger charge is 2.24. The Morgan fingerprint density at radius 1 is 1.19 bits per heavy atom. The van der Waals surface area contributed by atoms with Crippen molar-refractivity contribution in [2.75, 3.05) is 18.1 Å². The molecule has 132 valence electrons. The van der Waals surface area contributed by atoms with E-state index in [0.717, 1.165) is 34.4 Å². The van der Waals surface area contributed by atoms with Gasteiger partial charge in [-0.25, -0.2) is 4.98 Å². The van der Waals surface area contributed by atoms with E-state index in [1.807, 2.05) is 61.5 Å². The molecule has 1 aliphatic heterocycles. The van der Waals surface area contributed by atoms with Crippen molar-refractivity contribution in [3.63, 3.8) is 0 Å². The van der Waals surface area contributed by atoms with Gasteiger partial charge in [0.05, 0.1) is 17.9 Å². The van der Waals surface area contributed by atoms with Gasteiger partial charge in [-0.3, -0.25) is 4.79 Å². The molecule has 1 aromatic heterocycles. The topological polar surface area (TPSA) is 54.5 Å². The van der Waals surface area contributed by atoms with Gasteiger partial charge in [0.1, 0.15) is 17.2 Å². The van der Waals surface area contributed by atoms with Gasteiger partial charge < -0.3 is 15.0 Å². The van der Waals surface area contributed by atoms with Gasteiger partial charge in [0.2, 0.25) is 0 Å². The molecular weight excluding hydrogens is 346 g/mol. The fourth-order valence-electron chi connectivity index (χ4n) is 2.94. The maximum absolute atomic E-state index is 12.6. The number of amides is 1. The number of rotatable bonds is 4. The zero-order valence-electron chi connectivity index (χ0n) is 14.4. The van der Waals surface area contributed by atoms with Crippen LogP contribution in [0.1, 0.15) is 20.9 Å². The van der Waals surface area contributed by atoms with Crippen LogP contribution in [0.3, 0.4) is 0 Å². The van der Waals surface area contributed by atoms with Gasteiger partial charge in [-0.1, -0.05) is 53.8 Å². The standard InChI is InChI=1S/C20H19N3O2S/c1-14-18(19(24)21-13-15-7-3-2-4-8-15)26-20(22-14)23-11-12-25-17-10-6-5-9-16(17)23/h2-10H,11-13H2,1H3,(H,21,24). The molecule has 3 aromatic rings. The summed E-state index contributed by atoms with van der Waals surface area (Å²) in [5.41, 5.74) is 2.81. The SMILES string of the molecule is Cc1nc(N2CCOc3ccccc32)sc1C(=O)NCc1ccccc1. The summed E-state index contributed by atoms with van der Waals surface area (Å²) in [4.78, 5) is 20.0. The maximum Gasteiger partial charge on any atom is 0.263 e. The number of nitrogens with one attached hydrogen (secondary N) is 1. The Morgan fingerprint density at radius 3 is 2.81 bits per heavy atom. The minimum absolute atomic E-state index is 0.0864. The number of ether oxygens (including phenoxy) is 1. The van der Waals surface area contributed by atoms with Crippen LogP contribution in [0.4, 0.5) is 10.8 Å². The number of anilines is 2. The number of hydrogen-bond acceptors (Lipinski definition) is 5. The molecule has 5 nitrogen and oxygen atoms in total. The van der Waals surface area contributed by atoms with Crippen LogP contribution < -0.4 is 15.0 Å². The monoisotopic (exact) mass is 365 g/mol. The first-order chi connectivity index (χ1) is 12.7. The molecule has 0 aliphatic carbocycles. The second-order valence-corrected chi connectivity index (χ2v) is 7.02. The molecule has 1 aliphatic rings. The van der Waals surface area contributed by atoms with Gasteiger partial charge in [-0.2, -0.15) is 0 Å². The van der Waals surface area contributed by atoms with Crippen LogP contribution >= 0.6 is 11.3 Å². The second kappa shape index (κ2) is 7.17. The molecular formula is C20H19N3O2S. The first-order valence-corrected chi connectivity index (χ1v) is 9.33. The zero-order chi connectivity index (χ0) is 17.9. The molecule has 0 atom stereocenters. The van der Waals surface area contributed by atoms with Crippen LogP contribution in [0.15, 0.2) is 54.6 Å².